The number of alkyl halides is 6. The maximum atomic E-state index is 13.2. The Bertz CT molecular complexity index is 2340. The van der Waals surface area contributed by atoms with Gasteiger partial charge in [0.15, 0.2) is 11.5 Å². The highest BCUT2D eigenvalue weighted by atomic mass is 35.5. The van der Waals surface area contributed by atoms with E-state index in [1.165, 1.54) is 25.3 Å². The van der Waals surface area contributed by atoms with Gasteiger partial charge in [0.25, 0.3) is 5.78 Å². The Morgan fingerprint density at radius 2 is 0.981 bits per heavy atom. The molecule has 20 heteroatoms. The Balaban J connectivity index is 0.000000186. The van der Waals surface area contributed by atoms with E-state index in [0.717, 1.165) is 24.3 Å². The van der Waals surface area contributed by atoms with Gasteiger partial charge in [-0.3, -0.25) is 19.2 Å². The van der Waals surface area contributed by atoms with Crippen LogP contribution >= 0.6 is 46.4 Å². The number of ketones is 4. The molecule has 2 aromatic heterocycles. The molecule has 0 fully saturated rings. The van der Waals surface area contributed by atoms with Crippen LogP contribution in [-0.4, -0.2) is 48.1 Å². The fourth-order valence-corrected chi connectivity index (χ4v) is 5.57. The molecular weight excluding hydrogens is 812 g/mol. The Kier molecular flexibility index (Phi) is 10.8. The third kappa shape index (κ3) is 8.25. The second-order valence-electron chi connectivity index (χ2n) is 10.3. The fourth-order valence-electron chi connectivity index (χ4n) is 4.75. The monoisotopic (exact) mass is 824 g/mol. The average Bonchev–Trinajstić information content (AvgIpc) is 3.66. The van der Waals surface area contributed by atoms with E-state index >= 15 is 0 Å². The summed E-state index contributed by atoms with van der Waals surface area (Å²) in [5.74, 6) is -3.83. The Morgan fingerprint density at radius 3 is 1.40 bits per heavy atom. The number of hydrogen-bond acceptors (Lipinski definition) is 10. The van der Waals surface area contributed by atoms with Gasteiger partial charge in [-0.2, -0.15) is 0 Å². The number of phenolic OH excluding ortho intramolecular Hbond substituents is 1. The number of fused-ring (bicyclic) bond motifs is 6. The molecule has 0 aliphatic heterocycles. The molecule has 53 heavy (non-hydrogen) atoms. The lowest BCUT2D eigenvalue weighted by Gasteiger charge is -2.08. The number of ether oxygens (including phenoxy) is 3. The Labute approximate surface area is 310 Å². The number of hydrogen-bond donors (Lipinski definition) is 1. The van der Waals surface area contributed by atoms with Crippen LogP contribution in [0.15, 0.2) is 89.6 Å². The van der Waals surface area contributed by atoms with Gasteiger partial charge < -0.3 is 28.2 Å². The second-order valence-corrected chi connectivity index (χ2v) is 11.8. The molecule has 1 N–H and O–H groups in total. The van der Waals surface area contributed by atoms with Gasteiger partial charge in [0, 0.05) is 29.0 Å². The average molecular weight is 826 g/mol. The SMILES string of the molecule is COc1ccc2c3c(oc2c1)C(=O)c1oc2cc(OC(F)(F)F)ccc2c1C3=O.O=C1C(Cl)=C(Cl)C(=O)C(Cl)=C1Cl.Oc1cccc(OC(F)(F)F)c1. The van der Waals surface area contributed by atoms with Gasteiger partial charge in [-0.05, 0) is 36.4 Å². The molecule has 5 aromatic rings. The zero-order valence-corrected chi connectivity index (χ0v) is 28.7. The van der Waals surface area contributed by atoms with E-state index in [0.29, 0.717) is 16.7 Å². The molecule has 0 amide bonds. The highest BCUT2D eigenvalue weighted by molar-refractivity contribution is 6.69. The molecule has 0 saturated carbocycles. The number of benzene rings is 3. The number of furan rings is 2. The van der Waals surface area contributed by atoms with E-state index < -0.39 is 67.5 Å². The first-order valence-corrected chi connectivity index (χ1v) is 15.5. The smallest absolute Gasteiger partial charge is 0.508 e. The van der Waals surface area contributed by atoms with Crippen molar-refractivity contribution in [1.82, 2.24) is 0 Å². The largest absolute Gasteiger partial charge is 0.573 e. The molecule has 0 saturated heterocycles. The maximum absolute atomic E-state index is 13.2. The molecule has 2 aliphatic rings. The number of rotatable bonds is 3. The maximum Gasteiger partial charge on any atom is 0.573 e. The van der Waals surface area contributed by atoms with Crippen LogP contribution in [0.5, 0.6) is 23.0 Å². The van der Waals surface area contributed by atoms with E-state index in [4.69, 9.17) is 65.1 Å². The summed E-state index contributed by atoms with van der Waals surface area (Å²) in [6.45, 7) is 0. The Hall–Kier alpha value is -5.16. The highest BCUT2D eigenvalue weighted by Gasteiger charge is 2.40. The molecule has 2 aliphatic carbocycles. The van der Waals surface area contributed by atoms with E-state index in [2.05, 4.69) is 9.47 Å². The molecule has 0 spiro atoms. The number of Topliss-reactive ketones (excluding diaryl/α,β-unsaturated/α-hetero) is 2. The van der Waals surface area contributed by atoms with Crippen molar-refractivity contribution in [2.24, 2.45) is 0 Å². The van der Waals surface area contributed by atoms with Gasteiger partial charge in [0.2, 0.25) is 17.3 Å². The van der Waals surface area contributed by atoms with Gasteiger partial charge >= 0.3 is 12.7 Å². The van der Waals surface area contributed by atoms with Crippen LogP contribution in [0.4, 0.5) is 26.3 Å². The van der Waals surface area contributed by atoms with Gasteiger partial charge in [0.05, 0.1) is 18.2 Å². The standard InChI is InChI=1S/C20H9F3O6.C7H5F3O2.C6Cl4O2/c1-26-8-2-4-10-12(6-8)27-18-14(10)16(24)15-11-5-3-9(29-20(21,22)23)7-13(11)28-19(15)17(18)25;8-7(9,10)12-6-3-1-2-5(11)4-6;7-1-2(8)6(12)4(10)3(9)5(1)11/h2-7H,1H3;1-4,11H;. The summed E-state index contributed by atoms with van der Waals surface area (Å²) in [5.41, 5.74) is 0.286. The van der Waals surface area contributed by atoms with Crippen molar-refractivity contribution < 1.29 is 73.7 Å². The van der Waals surface area contributed by atoms with E-state index in [1.54, 1.807) is 18.2 Å². The zero-order valence-electron chi connectivity index (χ0n) is 25.7. The first-order valence-electron chi connectivity index (χ1n) is 14.0. The third-order valence-corrected chi connectivity index (χ3v) is 8.53. The molecular formula is C33H14Cl4F6O10. The molecule has 10 nitrogen and oxygen atoms in total. The highest BCUT2D eigenvalue weighted by Crippen LogP contribution is 2.41. The van der Waals surface area contributed by atoms with Crippen molar-refractivity contribution in [3.8, 4) is 23.0 Å². The number of halogens is 10. The van der Waals surface area contributed by atoms with E-state index in [9.17, 15) is 45.5 Å². The molecule has 0 radical (unpaired) electrons. The lowest BCUT2D eigenvalue weighted by molar-refractivity contribution is -0.275. The van der Waals surface area contributed by atoms with Crippen LogP contribution in [0.2, 0.25) is 0 Å². The van der Waals surface area contributed by atoms with Crippen molar-refractivity contribution in [1.29, 1.82) is 0 Å². The first kappa shape index (κ1) is 39.1. The molecule has 2 heterocycles. The number of allylic oxidation sites excluding steroid dienone is 4. The third-order valence-electron chi connectivity index (χ3n) is 6.89. The summed E-state index contributed by atoms with van der Waals surface area (Å²) in [4.78, 5) is 48.0. The van der Waals surface area contributed by atoms with Crippen LogP contribution in [0.25, 0.3) is 21.9 Å². The minimum absolute atomic E-state index is 0.0189. The van der Waals surface area contributed by atoms with Crippen molar-refractivity contribution >= 4 is 91.5 Å². The van der Waals surface area contributed by atoms with Crippen molar-refractivity contribution in [3.63, 3.8) is 0 Å². The topological polar surface area (TPSA) is 142 Å². The lowest BCUT2D eigenvalue weighted by Crippen LogP contribution is -2.17. The number of carbonyl (C=O) groups is 4. The zero-order chi connectivity index (χ0) is 39.2. The molecule has 276 valence electrons. The lowest BCUT2D eigenvalue weighted by atomic mass is 9.90. The number of phenols is 1. The minimum Gasteiger partial charge on any atom is -0.508 e. The van der Waals surface area contributed by atoms with Crippen LogP contribution in [-0.2, 0) is 9.59 Å². The minimum atomic E-state index is -4.88. The van der Waals surface area contributed by atoms with Crippen molar-refractivity contribution in [2.75, 3.05) is 7.11 Å². The number of aromatic hydroxyl groups is 1. The fraction of sp³-hybridized carbons (Fsp3) is 0.0909. The summed E-state index contributed by atoms with van der Waals surface area (Å²) < 4.78 is 95.6. The molecule has 0 unspecified atom stereocenters. The quantitative estimate of drug-likeness (QED) is 0.135. The van der Waals surface area contributed by atoms with E-state index in [1.807, 2.05) is 0 Å². The van der Waals surface area contributed by atoms with Gasteiger partial charge in [0.1, 0.15) is 54.3 Å². The predicted octanol–water partition coefficient (Wildman–Crippen LogP) is 9.67. The normalized spacial score (nSPS) is 14.4. The van der Waals surface area contributed by atoms with Crippen molar-refractivity contribution in [2.45, 2.75) is 12.7 Å². The van der Waals surface area contributed by atoms with Crippen LogP contribution in [0.1, 0.15) is 32.2 Å². The van der Waals surface area contributed by atoms with Crippen LogP contribution < -0.4 is 14.2 Å². The van der Waals surface area contributed by atoms with Crippen LogP contribution in [0.3, 0.4) is 0 Å². The predicted molar refractivity (Wildman–Crippen MR) is 175 cm³/mol. The summed E-state index contributed by atoms with van der Waals surface area (Å²) in [6, 6.07) is 12.6. The molecule has 3 aromatic carbocycles. The first-order chi connectivity index (χ1) is 24.7. The molecule has 7 rings (SSSR count). The van der Waals surface area contributed by atoms with Crippen LogP contribution in [0, 0.1) is 0 Å². The summed E-state index contributed by atoms with van der Waals surface area (Å²) in [5, 5.41) is 7.83. The molecule has 0 bridgehead atoms. The number of carbonyl (C=O) groups excluding carboxylic acids is 4. The van der Waals surface area contributed by atoms with Crippen molar-refractivity contribution in [3.05, 3.63) is 103 Å². The summed E-state index contributed by atoms with van der Waals surface area (Å²) in [7, 11) is 1.47. The van der Waals surface area contributed by atoms with Gasteiger partial charge in [-0.1, -0.05) is 52.5 Å². The molecule has 0 atom stereocenters. The van der Waals surface area contributed by atoms with E-state index in [-0.39, 0.29) is 39.4 Å². The van der Waals surface area contributed by atoms with Gasteiger partial charge in [-0.15, -0.1) is 26.3 Å². The van der Waals surface area contributed by atoms with Gasteiger partial charge in [-0.25, -0.2) is 0 Å². The summed E-state index contributed by atoms with van der Waals surface area (Å²) >= 11 is 21.5. The number of methoxy groups -OCH3 is 1. The summed E-state index contributed by atoms with van der Waals surface area (Å²) in [6.07, 6.45) is -9.60. The second kappa shape index (κ2) is 14.7. The Morgan fingerprint density at radius 1 is 0.566 bits per heavy atom.